The quantitative estimate of drug-likeness (QED) is 0.830. The lowest BCUT2D eigenvalue weighted by molar-refractivity contribution is -0.158. The minimum atomic E-state index is -1.05. The zero-order valence-corrected chi connectivity index (χ0v) is 11.9. The topological polar surface area (TPSA) is 83.9 Å². The summed E-state index contributed by atoms with van der Waals surface area (Å²) in [7, 11) is 0. The largest absolute Gasteiger partial charge is 0.481 e. The Hall–Kier alpha value is -1.59. The molecular formula is C13H21NO5. The van der Waals surface area contributed by atoms with Crippen LogP contribution in [0.3, 0.4) is 0 Å². The molecule has 1 heterocycles. The van der Waals surface area contributed by atoms with Gasteiger partial charge in [0.15, 0.2) is 0 Å². The maximum Gasteiger partial charge on any atom is 0.417 e. The highest BCUT2D eigenvalue weighted by atomic mass is 16.6. The second-order valence-corrected chi connectivity index (χ2v) is 5.89. The van der Waals surface area contributed by atoms with Gasteiger partial charge in [-0.1, -0.05) is 6.92 Å². The predicted octanol–water partition coefficient (Wildman–Crippen LogP) is 2.02. The molecule has 1 aliphatic rings. The van der Waals surface area contributed by atoms with Crippen molar-refractivity contribution in [2.45, 2.75) is 52.6 Å². The Morgan fingerprint density at radius 1 is 1.42 bits per heavy atom. The Morgan fingerprint density at radius 3 is 2.37 bits per heavy atom. The standard InChI is InChI=1S/C13H21NO5/c1-5-13(10(16)17)6-7-14(9(15)8-13)11(18)19-12(2,3)4/h5-8H2,1-4H3,(H,16,17). The van der Waals surface area contributed by atoms with Crippen LogP contribution in [0.2, 0.25) is 0 Å². The SMILES string of the molecule is CCC1(C(=O)O)CCN(C(=O)OC(C)(C)C)C(=O)C1. The van der Waals surface area contributed by atoms with Gasteiger partial charge < -0.3 is 9.84 Å². The van der Waals surface area contributed by atoms with E-state index >= 15 is 0 Å². The molecular weight excluding hydrogens is 250 g/mol. The van der Waals surface area contributed by atoms with Crippen LogP contribution in [0.4, 0.5) is 4.79 Å². The van der Waals surface area contributed by atoms with E-state index in [1.54, 1.807) is 27.7 Å². The smallest absolute Gasteiger partial charge is 0.417 e. The zero-order valence-electron chi connectivity index (χ0n) is 11.9. The van der Waals surface area contributed by atoms with Gasteiger partial charge in [-0.2, -0.15) is 0 Å². The van der Waals surface area contributed by atoms with Crippen LogP contribution in [0.5, 0.6) is 0 Å². The molecule has 2 amide bonds. The van der Waals surface area contributed by atoms with Gasteiger partial charge in [-0.25, -0.2) is 9.69 Å². The van der Waals surface area contributed by atoms with Crippen LogP contribution in [0, 0.1) is 5.41 Å². The third kappa shape index (κ3) is 3.45. The summed E-state index contributed by atoms with van der Waals surface area (Å²) in [5, 5.41) is 9.23. The Labute approximate surface area is 112 Å². The van der Waals surface area contributed by atoms with E-state index in [1.165, 1.54) is 0 Å². The third-order valence-corrected chi connectivity index (χ3v) is 3.35. The highest BCUT2D eigenvalue weighted by molar-refractivity contribution is 5.95. The van der Waals surface area contributed by atoms with Crippen LogP contribution in [0.1, 0.15) is 47.0 Å². The number of aliphatic carboxylic acids is 1. The zero-order chi connectivity index (χ0) is 14.8. The summed E-state index contributed by atoms with van der Waals surface area (Å²) in [5.74, 6) is -1.46. The molecule has 1 aliphatic heterocycles. The number of nitrogens with zero attached hydrogens (tertiary/aromatic N) is 1. The fourth-order valence-electron chi connectivity index (χ4n) is 2.07. The van der Waals surface area contributed by atoms with Gasteiger partial charge in [0, 0.05) is 13.0 Å². The minimum Gasteiger partial charge on any atom is -0.481 e. The van der Waals surface area contributed by atoms with Crippen molar-refractivity contribution in [3.63, 3.8) is 0 Å². The molecule has 0 aromatic heterocycles. The molecule has 0 radical (unpaired) electrons. The average molecular weight is 271 g/mol. The molecule has 0 bridgehead atoms. The van der Waals surface area contributed by atoms with Crippen molar-refractivity contribution in [1.29, 1.82) is 0 Å². The van der Waals surface area contributed by atoms with E-state index in [4.69, 9.17) is 4.74 Å². The van der Waals surface area contributed by atoms with Crippen LogP contribution < -0.4 is 0 Å². The minimum absolute atomic E-state index is 0.0912. The number of piperidine rings is 1. The predicted molar refractivity (Wildman–Crippen MR) is 67.5 cm³/mol. The number of rotatable bonds is 2. The summed E-state index contributed by atoms with van der Waals surface area (Å²) >= 11 is 0. The van der Waals surface area contributed by atoms with Gasteiger partial charge >= 0.3 is 12.1 Å². The highest BCUT2D eigenvalue weighted by Crippen LogP contribution is 2.36. The van der Waals surface area contributed by atoms with E-state index in [1.807, 2.05) is 0 Å². The molecule has 1 unspecified atom stereocenters. The van der Waals surface area contributed by atoms with E-state index in [-0.39, 0.29) is 19.4 Å². The summed E-state index contributed by atoms with van der Waals surface area (Å²) in [6.07, 6.45) is -0.217. The molecule has 1 atom stereocenters. The Bertz CT molecular complexity index is 398. The molecule has 0 aromatic carbocycles. The van der Waals surface area contributed by atoms with Crippen LogP contribution in [-0.4, -0.2) is 40.1 Å². The first kappa shape index (κ1) is 15.5. The molecule has 0 aliphatic carbocycles. The number of carbonyl (C=O) groups excluding carboxylic acids is 2. The molecule has 6 heteroatoms. The maximum atomic E-state index is 12.0. The van der Waals surface area contributed by atoms with Crippen molar-refractivity contribution < 1.29 is 24.2 Å². The van der Waals surface area contributed by atoms with Gasteiger partial charge in [-0.3, -0.25) is 9.59 Å². The number of hydrogen-bond acceptors (Lipinski definition) is 4. The molecule has 108 valence electrons. The second kappa shape index (κ2) is 5.19. The fourth-order valence-corrected chi connectivity index (χ4v) is 2.07. The van der Waals surface area contributed by atoms with Crippen molar-refractivity contribution in [3.05, 3.63) is 0 Å². The van der Waals surface area contributed by atoms with Crippen molar-refractivity contribution >= 4 is 18.0 Å². The van der Waals surface area contributed by atoms with E-state index in [9.17, 15) is 19.5 Å². The molecule has 1 N–H and O–H groups in total. The third-order valence-electron chi connectivity index (χ3n) is 3.35. The lowest BCUT2D eigenvalue weighted by Crippen LogP contribution is -2.50. The van der Waals surface area contributed by atoms with Gasteiger partial charge in [0.25, 0.3) is 0 Å². The van der Waals surface area contributed by atoms with E-state index in [0.717, 1.165) is 4.90 Å². The first-order chi connectivity index (χ1) is 8.61. The number of carboxylic acids is 1. The first-order valence-corrected chi connectivity index (χ1v) is 6.38. The van der Waals surface area contributed by atoms with Crippen LogP contribution in [-0.2, 0) is 14.3 Å². The molecule has 1 saturated heterocycles. The molecule has 0 saturated carbocycles. The first-order valence-electron chi connectivity index (χ1n) is 6.38. The lowest BCUT2D eigenvalue weighted by Gasteiger charge is -2.37. The average Bonchev–Trinajstić information content (AvgIpc) is 2.25. The Kier molecular flexibility index (Phi) is 4.22. The van der Waals surface area contributed by atoms with Gasteiger partial charge in [-0.15, -0.1) is 0 Å². The summed E-state index contributed by atoms with van der Waals surface area (Å²) in [6.45, 7) is 6.98. The normalized spacial score (nSPS) is 24.2. The van der Waals surface area contributed by atoms with Crippen LogP contribution in [0.25, 0.3) is 0 Å². The number of hydrogen-bond donors (Lipinski definition) is 1. The number of likely N-dealkylation sites (tertiary alicyclic amines) is 1. The molecule has 19 heavy (non-hydrogen) atoms. The summed E-state index contributed by atoms with van der Waals surface area (Å²) in [4.78, 5) is 36.1. The Morgan fingerprint density at radius 2 is 2.00 bits per heavy atom. The monoisotopic (exact) mass is 271 g/mol. The molecule has 1 fully saturated rings. The van der Waals surface area contributed by atoms with Gasteiger partial charge in [0.2, 0.25) is 5.91 Å². The van der Waals surface area contributed by atoms with E-state index in [2.05, 4.69) is 0 Å². The second-order valence-electron chi connectivity index (χ2n) is 5.89. The number of imide groups is 1. The van der Waals surface area contributed by atoms with E-state index < -0.39 is 29.0 Å². The van der Waals surface area contributed by atoms with Gasteiger partial charge in [-0.05, 0) is 33.6 Å². The van der Waals surface area contributed by atoms with E-state index in [0.29, 0.717) is 6.42 Å². The molecule has 0 aromatic rings. The summed E-state index contributed by atoms with van der Waals surface area (Å²) < 4.78 is 5.13. The van der Waals surface area contributed by atoms with Crippen molar-refractivity contribution in [2.75, 3.05) is 6.54 Å². The van der Waals surface area contributed by atoms with Crippen molar-refractivity contribution in [1.82, 2.24) is 4.90 Å². The number of amides is 2. The Balaban J connectivity index is 2.77. The molecule has 6 nitrogen and oxygen atoms in total. The number of carboxylic acid groups (broad SMARTS) is 1. The molecule has 0 spiro atoms. The molecule has 1 rings (SSSR count). The highest BCUT2D eigenvalue weighted by Gasteiger charge is 2.46. The fraction of sp³-hybridized carbons (Fsp3) is 0.769. The number of carbonyl (C=O) groups is 3. The van der Waals surface area contributed by atoms with Crippen molar-refractivity contribution in [2.24, 2.45) is 5.41 Å². The maximum absolute atomic E-state index is 12.0. The lowest BCUT2D eigenvalue weighted by atomic mass is 9.76. The van der Waals surface area contributed by atoms with Crippen LogP contribution in [0.15, 0.2) is 0 Å². The summed E-state index contributed by atoms with van der Waals surface area (Å²) in [5.41, 5.74) is -1.72. The summed E-state index contributed by atoms with van der Waals surface area (Å²) in [6, 6.07) is 0. The number of ether oxygens (including phenoxy) is 1. The van der Waals surface area contributed by atoms with Crippen molar-refractivity contribution in [3.8, 4) is 0 Å². The van der Waals surface area contributed by atoms with Gasteiger partial charge in [0.1, 0.15) is 5.60 Å². The van der Waals surface area contributed by atoms with Gasteiger partial charge in [0.05, 0.1) is 5.41 Å². The van der Waals surface area contributed by atoms with Crippen LogP contribution >= 0.6 is 0 Å².